The van der Waals surface area contributed by atoms with Crippen LogP contribution in [-0.4, -0.2) is 25.8 Å². The van der Waals surface area contributed by atoms with Gasteiger partial charge in [0.05, 0.1) is 11.3 Å². The van der Waals surface area contributed by atoms with E-state index in [0.29, 0.717) is 23.2 Å². The Morgan fingerprint density at radius 3 is 2.67 bits per heavy atom. The van der Waals surface area contributed by atoms with Crippen LogP contribution in [0.25, 0.3) is 17.1 Å². The quantitative estimate of drug-likeness (QED) is 0.695. The number of benzene rings is 1. The van der Waals surface area contributed by atoms with Gasteiger partial charge in [-0.3, -0.25) is 9.48 Å². The van der Waals surface area contributed by atoms with E-state index < -0.39 is 11.6 Å². The molecule has 2 heterocycles. The lowest BCUT2D eigenvalue weighted by atomic mass is 10.2. The minimum Gasteiger partial charge on any atom is -0.298 e. The maximum Gasteiger partial charge on any atom is 0.153 e. The van der Waals surface area contributed by atoms with Crippen LogP contribution in [0.4, 0.5) is 8.78 Å². The van der Waals surface area contributed by atoms with Crippen LogP contribution in [0.2, 0.25) is 0 Å². The Morgan fingerprint density at radius 1 is 1.24 bits per heavy atom. The molecule has 0 unspecified atom stereocenters. The molecule has 0 aliphatic rings. The first-order valence-corrected chi connectivity index (χ1v) is 6.09. The topological polar surface area (TPSA) is 52.7 Å². The molecule has 0 fully saturated rings. The van der Waals surface area contributed by atoms with Crippen molar-refractivity contribution < 1.29 is 13.6 Å². The number of hydrogen-bond donors (Lipinski definition) is 0. The van der Waals surface area contributed by atoms with Gasteiger partial charge in [-0.15, -0.1) is 0 Å². The van der Waals surface area contributed by atoms with Crippen molar-refractivity contribution in [3.05, 3.63) is 53.9 Å². The molecule has 0 atom stereocenters. The molecule has 0 aliphatic heterocycles. The Labute approximate surface area is 118 Å². The van der Waals surface area contributed by atoms with Gasteiger partial charge < -0.3 is 0 Å². The SMILES string of the molecule is Cn1nccc1-c1nn(-c2ccc(F)cc2F)cc1C=O. The smallest absolute Gasteiger partial charge is 0.153 e. The van der Waals surface area contributed by atoms with Crippen molar-refractivity contribution in [1.82, 2.24) is 19.6 Å². The zero-order chi connectivity index (χ0) is 15.0. The molecule has 7 heteroatoms. The minimum absolute atomic E-state index is 0.0629. The molecule has 3 rings (SSSR count). The zero-order valence-electron chi connectivity index (χ0n) is 11.0. The van der Waals surface area contributed by atoms with E-state index in [0.717, 1.165) is 12.1 Å². The zero-order valence-corrected chi connectivity index (χ0v) is 11.0. The van der Waals surface area contributed by atoms with Gasteiger partial charge in [0.15, 0.2) is 12.1 Å². The summed E-state index contributed by atoms with van der Waals surface area (Å²) in [6, 6.07) is 4.85. The second-order valence-electron chi connectivity index (χ2n) is 4.43. The van der Waals surface area contributed by atoms with E-state index >= 15 is 0 Å². The van der Waals surface area contributed by atoms with Gasteiger partial charge in [-0.2, -0.15) is 10.2 Å². The molecular formula is C14H10F2N4O. The van der Waals surface area contributed by atoms with Crippen LogP contribution in [0.1, 0.15) is 10.4 Å². The molecule has 0 radical (unpaired) electrons. The second kappa shape index (κ2) is 4.93. The molecule has 2 aromatic heterocycles. The van der Waals surface area contributed by atoms with Gasteiger partial charge >= 0.3 is 0 Å². The number of aldehydes is 1. The molecule has 0 spiro atoms. The number of carbonyl (C=O) groups is 1. The van der Waals surface area contributed by atoms with E-state index in [-0.39, 0.29) is 5.69 Å². The summed E-state index contributed by atoms with van der Waals surface area (Å²) in [5, 5.41) is 8.21. The van der Waals surface area contributed by atoms with Crippen LogP contribution in [0.15, 0.2) is 36.7 Å². The molecule has 0 saturated carbocycles. The Balaban J connectivity index is 2.16. The van der Waals surface area contributed by atoms with Gasteiger partial charge in [0.2, 0.25) is 0 Å². The fourth-order valence-corrected chi connectivity index (χ4v) is 2.07. The van der Waals surface area contributed by atoms with Crippen molar-refractivity contribution in [2.75, 3.05) is 0 Å². The highest BCUT2D eigenvalue weighted by molar-refractivity contribution is 5.84. The predicted octanol–water partition coefficient (Wildman–Crippen LogP) is 2.36. The number of aromatic nitrogens is 4. The summed E-state index contributed by atoms with van der Waals surface area (Å²) >= 11 is 0. The monoisotopic (exact) mass is 288 g/mol. The fraction of sp³-hybridized carbons (Fsp3) is 0.0714. The summed E-state index contributed by atoms with van der Waals surface area (Å²) in [6.45, 7) is 0. The lowest BCUT2D eigenvalue weighted by Crippen LogP contribution is -2.00. The van der Waals surface area contributed by atoms with Crippen LogP contribution in [0.3, 0.4) is 0 Å². The molecular weight excluding hydrogens is 278 g/mol. The molecule has 0 bridgehead atoms. The van der Waals surface area contributed by atoms with Gasteiger partial charge in [-0.1, -0.05) is 0 Å². The normalized spacial score (nSPS) is 10.8. The third kappa shape index (κ3) is 2.22. The number of nitrogens with zero attached hydrogens (tertiary/aromatic N) is 4. The molecule has 0 aliphatic carbocycles. The third-order valence-electron chi connectivity index (χ3n) is 3.09. The standard InChI is InChI=1S/C14H10F2N4O/c1-19-13(4-5-17-19)14-9(8-21)7-20(18-14)12-3-2-10(15)6-11(12)16/h2-8H,1H3. The molecule has 0 amide bonds. The fourth-order valence-electron chi connectivity index (χ4n) is 2.07. The first-order valence-electron chi connectivity index (χ1n) is 6.09. The van der Waals surface area contributed by atoms with Crippen molar-refractivity contribution in [3.8, 4) is 17.1 Å². The maximum atomic E-state index is 13.8. The maximum absolute atomic E-state index is 13.8. The summed E-state index contributed by atoms with van der Waals surface area (Å²) in [7, 11) is 1.71. The van der Waals surface area contributed by atoms with Crippen molar-refractivity contribution in [2.24, 2.45) is 7.05 Å². The Hall–Kier alpha value is -2.83. The van der Waals surface area contributed by atoms with Gasteiger partial charge in [0, 0.05) is 25.5 Å². The van der Waals surface area contributed by atoms with E-state index in [1.165, 1.54) is 16.9 Å². The highest BCUT2D eigenvalue weighted by Crippen LogP contribution is 2.23. The van der Waals surface area contributed by atoms with Crippen molar-refractivity contribution >= 4 is 6.29 Å². The van der Waals surface area contributed by atoms with Crippen molar-refractivity contribution in [1.29, 1.82) is 0 Å². The first kappa shape index (κ1) is 13.2. The minimum atomic E-state index is -0.758. The Bertz CT molecular complexity index is 822. The summed E-state index contributed by atoms with van der Waals surface area (Å²) in [5.41, 5.74) is 1.36. The molecule has 1 aromatic carbocycles. The van der Waals surface area contributed by atoms with Crippen molar-refractivity contribution in [3.63, 3.8) is 0 Å². The van der Waals surface area contributed by atoms with Crippen LogP contribution in [0, 0.1) is 11.6 Å². The average molecular weight is 288 g/mol. The lowest BCUT2D eigenvalue weighted by molar-refractivity contribution is 0.112. The van der Waals surface area contributed by atoms with Gasteiger partial charge in [0.25, 0.3) is 0 Å². The first-order chi connectivity index (χ1) is 10.1. The van der Waals surface area contributed by atoms with E-state index in [9.17, 15) is 13.6 Å². The average Bonchev–Trinajstić information content (AvgIpc) is 3.04. The number of hydrogen-bond acceptors (Lipinski definition) is 3. The summed E-state index contributed by atoms with van der Waals surface area (Å²) in [6.07, 6.45) is 3.60. The molecule has 0 saturated heterocycles. The molecule has 106 valence electrons. The summed E-state index contributed by atoms with van der Waals surface area (Å²) < 4.78 is 29.5. The highest BCUT2D eigenvalue weighted by Gasteiger charge is 2.16. The number of halogens is 2. The Kier molecular flexibility index (Phi) is 3.09. The highest BCUT2D eigenvalue weighted by atomic mass is 19.1. The largest absolute Gasteiger partial charge is 0.298 e. The van der Waals surface area contributed by atoms with E-state index in [2.05, 4.69) is 10.2 Å². The van der Waals surface area contributed by atoms with Crippen molar-refractivity contribution in [2.45, 2.75) is 0 Å². The van der Waals surface area contributed by atoms with Gasteiger partial charge in [-0.25, -0.2) is 13.5 Å². The van der Waals surface area contributed by atoms with E-state index in [4.69, 9.17) is 0 Å². The van der Waals surface area contributed by atoms with Crippen LogP contribution < -0.4 is 0 Å². The lowest BCUT2D eigenvalue weighted by Gasteiger charge is -2.03. The second-order valence-corrected chi connectivity index (χ2v) is 4.43. The van der Waals surface area contributed by atoms with E-state index in [1.54, 1.807) is 24.0 Å². The molecule has 21 heavy (non-hydrogen) atoms. The number of rotatable bonds is 3. The molecule has 3 aromatic rings. The summed E-state index contributed by atoms with van der Waals surface area (Å²) in [4.78, 5) is 11.2. The van der Waals surface area contributed by atoms with Gasteiger partial charge in [-0.05, 0) is 18.2 Å². The van der Waals surface area contributed by atoms with Crippen LogP contribution in [-0.2, 0) is 7.05 Å². The third-order valence-corrected chi connectivity index (χ3v) is 3.09. The number of carbonyl (C=O) groups excluding carboxylic acids is 1. The molecule has 5 nitrogen and oxygen atoms in total. The summed E-state index contributed by atoms with van der Waals surface area (Å²) in [5.74, 6) is -1.43. The number of aryl methyl sites for hydroxylation is 1. The predicted molar refractivity (Wildman–Crippen MR) is 71.1 cm³/mol. The van der Waals surface area contributed by atoms with E-state index in [1.807, 2.05) is 0 Å². The Morgan fingerprint density at radius 2 is 2.05 bits per heavy atom. The molecule has 0 N–H and O–H groups in total. The van der Waals surface area contributed by atoms with Crippen LogP contribution >= 0.6 is 0 Å². The van der Waals surface area contributed by atoms with Gasteiger partial charge in [0.1, 0.15) is 17.2 Å². The van der Waals surface area contributed by atoms with Crippen LogP contribution in [0.5, 0.6) is 0 Å².